The van der Waals surface area contributed by atoms with Crippen LogP contribution in [0.2, 0.25) is 0 Å². The van der Waals surface area contributed by atoms with E-state index in [1.165, 1.54) is 0 Å². The van der Waals surface area contributed by atoms with Crippen molar-refractivity contribution in [2.24, 2.45) is 5.84 Å². The molecule has 0 unspecified atom stereocenters. The van der Waals surface area contributed by atoms with Gasteiger partial charge in [-0.05, 0) is 31.2 Å². The lowest BCUT2D eigenvalue weighted by molar-refractivity contribution is 0.461. The molecule has 0 aliphatic carbocycles. The van der Waals surface area contributed by atoms with Gasteiger partial charge in [-0.15, -0.1) is 0 Å². The fourth-order valence-electron chi connectivity index (χ4n) is 1.28. The highest BCUT2D eigenvalue weighted by Crippen LogP contribution is 2.22. The van der Waals surface area contributed by atoms with Crippen LogP contribution in [-0.4, -0.2) is 9.97 Å². The second kappa shape index (κ2) is 5.11. The molecular weight excluding hydrogens is 284 g/mol. The van der Waals surface area contributed by atoms with Crippen LogP contribution in [0.3, 0.4) is 0 Å². The predicted molar refractivity (Wildman–Crippen MR) is 68.8 cm³/mol. The van der Waals surface area contributed by atoms with Crippen molar-refractivity contribution in [1.29, 1.82) is 0 Å². The van der Waals surface area contributed by atoms with E-state index in [0.29, 0.717) is 17.6 Å². The number of halogens is 1. The minimum absolute atomic E-state index is 0.331. The number of nitrogens with one attached hydrogen (secondary N) is 1. The second-order valence-electron chi connectivity index (χ2n) is 3.37. The Morgan fingerprint density at radius 1 is 1.24 bits per heavy atom. The zero-order valence-electron chi connectivity index (χ0n) is 9.14. The summed E-state index contributed by atoms with van der Waals surface area (Å²) in [6.45, 7) is 1.84. The number of hydrogen-bond acceptors (Lipinski definition) is 5. The van der Waals surface area contributed by atoms with E-state index in [1.54, 1.807) is 6.07 Å². The number of aryl methyl sites for hydroxylation is 1. The van der Waals surface area contributed by atoms with Crippen LogP contribution in [0.15, 0.2) is 34.8 Å². The van der Waals surface area contributed by atoms with Crippen LogP contribution in [0.25, 0.3) is 0 Å². The van der Waals surface area contributed by atoms with Gasteiger partial charge in [-0.3, -0.25) is 5.43 Å². The van der Waals surface area contributed by atoms with Crippen molar-refractivity contribution < 1.29 is 4.74 Å². The maximum atomic E-state index is 5.59. The molecule has 0 aliphatic heterocycles. The van der Waals surface area contributed by atoms with E-state index in [2.05, 4.69) is 31.3 Å². The van der Waals surface area contributed by atoms with Crippen LogP contribution in [0, 0.1) is 6.92 Å². The molecule has 2 rings (SSSR count). The molecular formula is C11H11BrN4O. The molecule has 5 nitrogen and oxygen atoms in total. The topological polar surface area (TPSA) is 73.1 Å². The third kappa shape index (κ3) is 3.15. The molecule has 0 spiro atoms. The molecule has 1 aromatic carbocycles. The summed E-state index contributed by atoms with van der Waals surface area (Å²) in [7, 11) is 0. The van der Waals surface area contributed by atoms with Crippen LogP contribution in [0.1, 0.15) is 5.69 Å². The lowest BCUT2D eigenvalue weighted by atomic mass is 10.3. The first-order valence-corrected chi connectivity index (χ1v) is 5.72. The highest BCUT2D eigenvalue weighted by Gasteiger charge is 2.03. The maximum Gasteiger partial charge on any atom is 0.240 e. The van der Waals surface area contributed by atoms with Crippen LogP contribution < -0.4 is 16.0 Å². The van der Waals surface area contributed by atoms with Gasteiger partial charge in [0.1, 0.15) is 5.75 Å². The first kappa shape index (κ1) is 11.8. The number of hydrogen-bond donors (Lipinski definition) is 2. The molecule has 1 heterocycles. The fraction of sp³-hybridized carbons (Fsp3) is 0.0909. The number of nitrogens with zero attached hydrogens (tertiary/aromatic N) is 2. The summed E-state index contributed by atoms with van der Waals surface area (Å²) in [6, 6.07) is 9.22. The molecule has 0 amide bonds. The van der Waals surface area contributed by atoms with Gasteiger partial charge in [-0.25, -0.2) is 10.8 Å². The smallest absolute Gasteiger partial charge is 0.240 e. The Morgan fingerprint density at radius 3 is 2.59 bits per heavy atom. The Hall–Kier alpha value is -1.66. The molecule has 0 bridgehead atoms. The average Bonchev–Trinajstić information content (AvgIpc) is 2.31. The van der Waals surface area contributed by atoms with Gasteiger partial charge in [0.15, 0.2) is 0 Å². The molecule has 2 aromatic rings. The molecule has 1 aromatic heterocycles. The zero-order chi connectivity index (χ0) is 12.3. The first-order valence-electron chi connectivity index (χ1n) is 4.93. The van der Waals surface area contributed by atoms with Crippen LogP contribution in [0.4, 0.5) is 5.95 Å². The van der Waals surface area contributed by atoms with E-state index in [1.807, 2.05) is 31.2 Å². The summed E-state index contributed by atoms with van der Waals surface area (Å²) >= 11 is 3.36. The number of benzene rings is 1. The quantitative estimate of drug-likeness (QED) is 0.672. The molecule has 88 valence electrons. The van der Waals surface area contributed by atoms with Gasteiger partial charge in [0, 0.05) is 16.2 Å². The normalized spacial score (nSPS) is 10.1. The number of rotatable bonds is 3. The second-order valence-corrected chi connectivity index (χ2v) is 4.29. The summed E-state index contributed by atoms with van der Waals surface area (Å²) in [4.78, 5) is 8.16. The minimum atomic E-state index is 0.331. The molecule has 0 fully saturated rings. The molecule has 0 saturated heterocycles. The largest absolute Gasteiger partial charge is 0.439 e. The van der Waals surface area contributed by atoms with E-state index in [-0.39, 0.29) is 0 Å². The molecule has 17 heavy (non-hydrogen) atoms. The summed E-state index contributed by atoms with van der Waals surface area (Å²) < 4.78 is 6.58. The number of hydrazine groups is 1. The third-order valence-electron chi connectivity index (χ3n) is 2.00. The summed E-state index contributed by atoms with van der Waals surface area (Å²) in [6.07, 6.45) is 0. The van der Waals surface area contributed by atoms with Crippen molar-refractivity contribution in [1.82, 2.24) is 9.97 Å². The minimum Gasteiger partial charge on any atom is -0.439 e. The van der Waals surface area contributed by atoms with Gasteiger partial charge in [-0.2, -0.15) is 4.98 Å². The van der Waals surface area contributed by atoms with E-state index in [9.17, 15) is 0 Å². The molecule has 0 aliphatic rings. The Kier molecular flexibility index (Phi) is 3.55. The van der Waals surface area contributed by atoms with Gasteiger partial charge >= 0.3 is 0 Å². The van der Waals surface area contributed by atoms with Gasteiger partial charge in [0.2, 0.25) is 11.8 Å². The van der Waals surface area contributed by atoms with E-state index < -0.39 is 0 Å². The van der Waals surface area contributed by atoms with Crippen molar-refractivity contribution in [2.45, 2.75) is 6.92 Å². The Morgan fingerprint density at radius 2 is 1.94 bits per heavy atom. The molecule has 6 heteroatoms. The predicted octanol–water partition coefficient (Wildman–Crippen LogP) is 2.63. The first-order chi connectivity index (χ1) is 8.17. The van der Waals surface area contributed by atoms with Crippen molar-refractivity contribution in [2.75, 3.05) is 5.43 Å². The number of nitrogen functional groups attached to an aromatic ring is 1. The fourth-order valence-corrected chi connectivity index (χ4v) is 1.54. The number of aromatic nitrogens is 2. The summed E-state index contributed by atoms with van der Waals surface area (Å²) in [5, 5.41) is 0. The Bertz CT molecular complexity index is 515. The van der Waals surface area contributed by atoms with Gasteiger partial charge in [0.05, 0.1) is 0 Å². The number of ether oxygens (including phenoxy) is 1. The number of anilines is 1. The summed E-state index contributed by atoms with van der Waals surface area (Å²) in [5.41, 5.74) is 3.17. The van der Waals surface area contributed by atoms with E-state index in [4.69, 9.17) is 10.6 Å². The lowest BCUT2D eigenvalue weighted by Crippen LogP contribution is -2.11. The Balaban J connectivity index is 2.23. The highest BCUT2D eigenvalue weighted by atomic mass is 79.9. The van der Waals surface area contributed by atoms with E-state index >= 15 is 0 Å². The van der Waals surface area contributed by atoms with Crippen LogP contribution in [0.5, 0.6) is 11.6 Å². The standard InChI is InChI=1S/C11H11BrN4O/c1-7-6-10(15-11(14-7)16-13)17-9-4-2-8(12)3-5-9/h2-6H,13H2,1H3,(H,14,15,16). The molecule has 0 radical (unpaired) electrons. The van der Waals surface area contributed by atoms with Crippen LogP contribution >= 0.6 is 15.9 Å². The van der Waals surface area contributed by atoms with E-state index in [0.717, 1.165) is 10.2 Å². The monoisotopic (exact) mass is 294 g/mol. The van der Waals surface area contributed by atoms with Gasteiger partial charge in [-0.1, -0.05) is 15.9 Å². The van der Waals surface area contributed by atoms with Gasteiger partial charge in [0.25, 0.3) is 0 Å². The van der Waals surface area contributed by atoms with Crippen molar-refractivity contribution in [3.8, 4) is 11.6 Å². The summed E-state index contributed by atoms with van der Waals surface area (Å²) in [5.74, 6) is 6.75. The van der Waals surface area contributed by atoms with Crippen molar-refractivity contribution in [3.63, 3.8) is 0 Å². The molecule has 0 atom stereocenters. The zero-order valence-corrected chi connectivity index (χ0v) is 10.7. The van der Waals surface area contributed by atoms with Crippen molar-refractivity contribution >= 4 is 21.9 Å². The maximum absolute atomic E-state index is 5.59. The highest BCUT2D eigenvalue weighted by molar-refractivity contribution is 9.10. The molecule has 0 saturated carbocycles. The van der Waals surface area contributed by atoms with Gasteiger partial charge < -0.3 is 4.74 Å². The third-order valence-corrected chi connectivity index (χ3v) is 2.52. The van der Waals surface area contributed by atoms with Crippen molar-refractivity contribution in [3.05, 3.63) is 40.5 Å². The molecule has 3 N–H and O–H groups in total. The number of nitrogens with two attached hydrogens (primary N) is 1. The SMILES string of the molecule is Cc1cc(Oc2ccc(Br)cc2)nc(NN)n1. The Labute approximate surface area is 107 Å². The average molecular weight is 295 g/mol. The lowest BCUT2D eigenvalue weighted by Gasteiger charge is -2.07. The van der Waals surface area contributed by atoms with Crippen LogP contribution in [-0.2, 0) is 0 Å².